The molecule has 0 amide bonds. The molecule has 0 radical (unpaired) electrons. The highest BCUT2D eigenvalue weighted by atomic mass is 35.5. The van der Waals surface area contributed by atoms with E-state index in [0.717, 1.165) is 0 Å². The van der Waals surface area contributed by atoms with E-state index >= 15 is 0 Å². The van der Waals surface area contributed by atoms with Crippen molar-refractivity contribution >= 4 is 31.0 Å². The summed E-state index contributed by atoms with van der Waals surface area (Å²) in [7, 11) is 0. The third-order valence-corrected chi connectivity index (χ3v) is 0.677. The quantitative estimate of drug-likeness (QED) is 0.613. The standard InChI is InChI=1S/C5H6N2O.2ClH/c6-5-3-1-2-4-7-8-5;;/h1-4H,6H2;2*1H. The van der Waals surface area contributed by atoms with Crippen LogP contribution in [0.15, 0.2) is 29.3 Å². The third-order valence-electron chi connectivity index (χ3n) is 0.677. The van der Waals surface area contributed by atoms with Crippen LogP contribution in [0.4, 0.5) is 0 Å². The Bertz CT molecular complexity index is 165. The number of rotatable bonds is 0. The molecule has 3 nitrogen and oxygen atoms in total. The topological polar surface area (TPSA) is 47.6 Å². The molecule has 1 aliphatic heterocycles. The second-order valence-corrected chi connectivity index (χ2v) is 1.30. The van der Waals surface area contributed by atoms with Gasteiger partial charge in [-0.1, -0.05) is 11.2 Å². The molecule has 0 saturated heterocycles. The van der Waals surface area contributed by atoms with Gasteiger partial charge in [-0.2, -0.15) is 0 Å². The molecule has 0 aromatic heterocycles. The Kier molecular flexibility index (Phi) is 7.77. The maximum atomic E-state index is 5.21. The van der Waals surface area contributed by atoms with E-state index in [1.54, 1.807) is 18.2 Å². The summed E-state index contributed by atoms with van der Waals surface area (Å²) in [6.45, 7) is 0. The number of hydrogen-bond acceptors (Lipinski definition) is 3. The fraction of sp³-hybridized carbons (Fsp3) is 0. The highest BCUT2D eigenvalue weighted by Gasteiger charge is 1.85. The van der Waals surface area contributed by atoms with E-state index in [1.165, 1.54) is 6.21 Å². The van der Waals surface area contributed by atoms with Crippen molar-refractivity contribution in [2.75, 3.05) is 0 Å². The van der Waals surface area contributed by atoms with Crippen molar-refractivity contribution in [2.24, 2.45) is 10.9 Å². The van der Waals surface area contributed by atoms with Crippen LogP contribution in [-0.2, 0) is 4.84 Å². The summed E-state index contributed by atoms with van der Waals surface area (Å²) in [5, 5.41) is 3.45. The Morgan fingerprint density at radius 1 is 1.30 bits per heavy atom. The lowest BCUT2D eigenvalue weighted by molar-refractivity contribution is 0.227. The first-order chi connectivity index (χ1) is 3.89. The van der Waals surface area contributed by atoms with Gasteiger partial charge in [0.1, 0.15) is 0 Å². The van der Waals surface area contributed by atoms with Gasteiger partial charge in [0.2, 0.25) is 5.88 Å². The Labute approximate surface area is 71.4 Å². The van der Waals surface area contributed by atoms with Gasteiger partial charge in [-0.25, -0.2) is 0 Å². The Morgan fingerprint density at radius 3 is 2.70 bits per heavy atom. The average Bonchev–Trinajstić information content (AvgIpc) is 1.94. The monoisotopic (exact) mass is 182 g/mol. The van der Waals surface area contributed by atoms with Crippen molar-refractivity contribution < 1.29 is 4.84 Å². The van der Waals surface area contributed by atoms with Gasteiger partial charge in [0.25, 0.3) is 0 Å². The van der Waals surface area contributed by atoms with Gasteiger partial charge in [-0.05, 0) is 6.08 Å². The van der Waals surface area contributed by atoms with Crippen LogP contribution in [0.2, 0.25) is 0 Å². The highest BCUT2D eigenvalue weighted by Crippen LogP contribution is 1.91. The van der Waals surface area contributed by atoms with E-state index in [9.17, 15) is 0 Å². The lowest BCUT2D eigenvalue weighted by Crippen LogP contribution is -1.96. The smallest absolute Gasteiger partial charge is 0.220 e. The van der Waals surface area contributed by atoms with Crippen LogP contribution in [0, 0.1) is 0 Å². The first-order valence-corrected chi connectivity index (χ1v) is 2.22. The number of hydrogen-bond donors (Lipinski definition) is 1. The average molecular weight is 183 g/mol. The number of oxime groups is 1. The van der Waals surface area contributed by atoms with Crippen molar-refractivity contribution in [1.82, 2.24) is 0 Å². The normalized spacial score (nSPS) is 13.4. The fourth-order valence-corrected chi connectivity index (χ4v) is 0.357. The number of nitrogens with two attached hydrogens (primary N) is 1. The molecule has 0 aliphatic carbocycles. The van der Waals surface area contributed by atoms with Crippen LogP contribution in [0.3, 0.4) is 0 Å². The first kappa shape index (κ1) is 12.0. The molecular formula is C5H8Cl2N2O. The van der Waals surface area contributed by atoms with Crippen LogP contribution in [0.5, 0.6) is 0 Å². The molecule has 2 N–H and O–H groups in total. The Morgan fingerprint density at radius 2 is 2.00 bits per heavy atom. The molecule has 0 aromatic rings. The van der Waals surface area contributed by atoms with Gasteiger partial charge < -0.3 is 10.6 Å². The summed E-state index contributed by atoms with van der Waals surface area (Å²) in [6.07, 6.45) is 6.65. The van der Waals surface area contributed by atoms with Crippen molar-refractivity contribution in [3.05, 3.63) is 24.1 Å². The van der Waals surface area contributed by atoms with E-state index in [4.69, 9.17) is 5.73 Å². The number of nitrogens with zero attached hydrogens (tertiary/aromatic N) is 1. The zero-order valence-corrected chi connectivity index (χ0v) is 6.69. The maximum absolute atomic E-state index is 5.21. The van der Waals surface area contributed by atoms with E-state index < -0.39 is 0 Å². The van der Waals surface area contributed by atoms with E-state index in [2.05, 4.69) is 9.99 Å². The minimum absolute atomic E-state index is 0. The summed E-state index contributed by atoms with van der Waals surface area (Å²) in [4.78, 5) is 4.55. The maximum Gasteiger partial charge on any atom is 0.220 e. The van der Waals surface area contributed by atoms with Gasteiger partial charge in [0.15, 0.2) is 0 Å². The zero-order valence-electron chi connectivity index (χ0n) is 5.06. The van der Waals surface area contributed by atoms with E-state index in [-0.39, 0.29) is 24.8 Å². The van der Waals surface area contributed by atoms with Crippen LogP contribution in [-0.4, -0.2) is 6.21 Å². The molecule has 10 heavy (non-hydrogen) atoms. The Balaban J connectivity index is 0. The third kappa shape index (κ3) is 4.23. The van der Waals surface area contributed by atoms with Gasteiger partial charge in [-0.3, -0.25) is 0 Å². The number of halogens is 2. The Hall–Kier alpha value is -0.670. The predicted molar refractivity (Wildman–Crippen MR) is 45.5 cm³/mol. The predicted octanol–water partition coefficient (Wildman–Crippen LogP) is 1.20. The van der Waals surface area contributed by atoms with Crippen molar-refractivity contribution in [2.45, 2.75) is 0 Å². The lowest BCUT2D eigenvalue weighted by atomic mass is 10.5. The van der Waals surface area contributed by atoms with Crippen molar-refractivity contribution in [3.8, 4) is 0 Å². The zero-order chi connectivity index (χ0) is 5.82. The molecule has 58 valence electrons. The molecule has 0 bridgehead atoms. The molecule has 1 heterocycles. The molecule has 0 unspecified atom stereocenters. The molecule has 1 rings (SSSR count). The molecule has 0 atom stereocenters. The van der Waals surface area contributed by atoms with Crippen LogP contribution < -0.4 is 5.73 Å². The molecule has 0 spiro atoms. The van der Waals surface area contributed by atoms with Gasteiger partial charge in [-0.15, -0.1) is 24.8 Å². The van der Waals surface area contributed by atoms with Crippen LogP contribution in [0.1, 0.15) is 0 Å². The summed E-state index contributed by atoms with van der Waals surface area (Å²) in [5.74, 6) is 0.315. The minimum atomic E-state index is 0. The first-order valence-electron chi connectivity index (χ1n) is 2.22. The number of allylic oxidation sites excluding steroid dienone is 3. The van der Waals surface area contributed by atoms with Crippen molar-refractivity contribution in [3.63, 3.8) is 0 Å². The van der Waals surface area contributed by atoms with Crippen LogP contribution in [0.25, 0.3) is 0 Å². The van der Waals surface area contributed by atoms with Crippen LogP contribution >= 0.6 is 24.8 Å². The van der Waals surface area contributed by atoms with Crippen molar-refractivity contribution in [1.29, 1.82) is 0 Å². The summed E-state index contributed by atoms with van der Waals surface area (Å²) < 4.78 is 0. The SMILES string of the molecule is Cl.Cl.NC1=CC=CC=NO1. The van der Waals surface area contributed by atoms with E-state index in [0.29, 0.717) is 5.88 Å². The molecule has 5 heteroatoms. The molecular weight excluding hydrogens is 175 g/mol. The molecule has 1 aliphatic rings. The minimum Gasteiger partial charge on any atom is -0.368 e. The summed E-state index contributed by atoms with van der Waals surface area (Å²) >= 11 is 0. The fourth-order valence-electron chi connectivity index (χ4n) is 0.357. The highest BCUT2D eigenvalue weighted by molar-refractivity contribution is 5.85. The molecule has 0 fully saturated rings. The molecule has 0 aromatic carbocycles. The summed E-state index contributed by atoms with van der Waals surface area (Å²) in [6, 6.07) is 0. The largest absolute Gasteiger partial charge is 0.368 e. The summed E-state index contributed by atoms with van der Waals surface area (Å²) in [5.41, 5.74) is 5.21. The second kappa shape index (κ2) is 6.45. The lowest BCUT2D eigenvalue weighted by Gasteiger charge is -1.90. The van der Waals surface area contributed by atoms with E-state index in [1.807, 2.05) is 0 Å². The van der Waals surface area contributed by atoms with Gasteiger partial charge >= 0.3 is 0 Å². The van der Waals surface area contributed by atoms with Gasteiger partial charge in [0, 0.05) is 6.08 Å². The second-order valence-electron chi connectivity index (χ2n) is 1.30. The molecule has 0 saturated carbocycles. The van der Waals surface area contributed by atoms with Gasteiger partial charge in [0.05, 0.1) is 6.21 Å².